The molecule has 1 aromatic rings. The lowest BCUT2D eigenvalue weighted by Crippen LogP contribution is -2.46. The minimum Gasteiger partial charge on any atom is -0.393 e. The quantitative estimate of drug-likeness (QED) is 0.796. The number of carbonyl (C=O) groups excluding carboxylic acids is 1. The van der Waals surface area contributed by atoms with Gasteiger partial charge in [0.2, 0.25) is 0 Å². The third-order valence-corrected chi connectivity index (χ3v) is 2.88. The SMILES string of the molecule is Cc1cc(F)ccc1C(=O)NC1CC(O)C1. The fourth-order valence-corrected chi connectivity index (χ4v) is 1.85. The second-order valence-electron chi connectivity index (χ2n) is 4.25. The number of rotatable bonds is 2. The lowest BCUT2D eigenvalue weighted by molar-refractivity contribution is 0.0562. The molecule has 1 amide bonds. The van der Waals surface area contributed by atoms with E-state index in [-0.39, 0.29) is 23.9 Å². The maximum Gasteiger partial charge on any atom is 0.251 e. The van der Waals surface area contributed by atoms with E-state index in [4.69, 9.17) is 5.11 Å². The van der Waals surface area contributed by atoms with E-state index in [2.05, 4.69) is 5.32 Å². The summed E-state index contributed by atoms with van der Waals surface area (Å²) in [4.78, 5) is 11.8. The van der Waals surface area contributed by atoms with Gasteiger partial charge in [-0.05, 0) is 43.5 Å². The normalized spacial score (nSPS) is 23.7. The first-order valence-corrected chi connectivity index (χ1v) is 5.31. The van der Waals surface area contributed by atoms with Gasteiger partial charge in [-0.3, -0.25) is 4.79 Å². The second kappa shape index (κ2) is 4.22. The fourth-order valence-electron chi connectivity index (χ4n) is 1.85. The molecule has 0 aromatic heterocycles. The lowest BCUT2D eigenvalue weighted by Gasteiger charge is -2.32. The van der Waals surface area contributed by atoms with E-state index in [0.29, 0.717) is 24.0 Å². The predicted octanol–water partition coefficient (Wildman–Crippen LogP) is 1.39. The Kier molecular flexibility index (Phi) is 2.92. The summed E-state index contributed by atoms with van der Waals surface area (Å²) >= 11 is 0. The van der Waals surface area contributed by atoms with Gasteiger partial charge < -0.3 is 10.4 Å². The number of aliphatic hydroxyl groups is 1. The van der Waals surface area contributed by atoms with E-state index in [9.17, 15) is 9.18 Å². The van der Waals surface area contributed by atoms with Crippen molar-refractivity contribution in [2.24, 2.45) is 0 Å². The summed E-state index contributed by atoms with van der Waals surface area (Å²) in [5, 5.41) is 11.9. The van der Waals surface area contributed by atoms with Crippen LogP contribution in [0.2, 0.25) is 0 Å². The number of hydrogen-bond acceptors (Lipinski definition) is 2. The number of halogens is 1. The van der Waals surface area contributed by atoms with Gasteiger partial charge in [0, 0.05) is 11.6 Å². The van der Waals surface area contributed by atoms with Crippen molar-refractivity contribution >= 4 is 5.91 Å². The summed E-state index contributed by atoms with van der Waals surface area (Å²) in [6.07, 6.45) is 0.914. The zero-order valence-electron chi connectivity index (χ0n) is 9.03. The van der Waals surface area contributed by atoms with Crippen LogP contribution in [0.1, 0.15) is 28.8 Å². The molecule has 1 aromatic carbocycles. The van der Waals surface area contributed by atoms with Gasteiger partial charge in [0.1, 0.15) is 5.82 Å². The first kappa shape index (κ1) is 11.1. The van der Waals surface area contributed by atoms with Crippen molar-refractivity contribution in [3.05, 3.63) is 35.1 Å². The topological polar surface area (TPSA) is 49.3 Å². The number of nitrogens with one attached hydrogen (secondary N) is 1. The molecule has 16 heavy (non-hydrogen) atoms. The summed E-state index contributed by atoms with van der Waals surface area (Å²) in [7, 11) is 0. The molecule has 1 aliphatic carbocycles. The summed E-state index contributed by atoms with van der Waals surface area (Å²) in [6.45, 7) is 1.70. The molecule has 0 bridgehead atoms. The molecule has 0 spiro atoms. The summed E-state index contributed by atoms with van der Waals surface area (Å²) in [5.74, 6) is -0.539. The highest BCUT2D eigenvalue weighted by Gasteiger charge is 2.28. The number of carbonyl (C=O) groups is 1. The molecule has 1 fully saturated rings. The Morgan fingerprint density at radius 1 is 1.50 bits per heavy atom. The Balaban J connectivity index is 2.03. The molecule has 1 saturated carbocycles. The molecule has 0 saturated heterocycles. The highest BCUT2D eigenvalue weighted by atomic mass is 19.1. The van der Waals surface area contributed by atoms with E-state index in [1.54, 1.807) is 6.92 Å². The fraction of sp³-hybridized carbons (Fsp3) is 0.417. The molecule has 0 heterocycles. The van der Waals surface area contributed by atoms with Gasteiger partial charge in [-0.15, -0.1) is 0 Å². The zero-order chi connectivity index (χ0) is 11.7. The largest absolute Gasteiger partial charge is 0.393 e. The summed E-state index contributed by atoms with van der Waals surface area (Å²) in [6, 6.07) is 4.14. The molecule has 2 N–H and O–H groups in total. The van der Waals surface area contributed by atoms with Crippen molar-refractivity contribution in [1.29, 1.82) is 0 Å². The van der Waals surface area contributed by atoms with Crippen LogP contribution in [0.25, 0.3) is 0 Å². The van der Waals surface area contributed by atoms with Crippen molar-refractivity contribution in [1.82, 2.24) is 5.32 Å². The molecular formula is C12H14FNO2. The molecule has 1 aliphatic rings. The zero-order valence-corrected chi connectivity index (χ0v) is 9.03. The predicted molar refractivity (Wildman–Crippen MR) is 57.6 cm³/mol. The maximum atomic E-state index is 12.8. The highest BCUT2D eigenvalue weighted by molar-refractivity contribution is 5.95. The summed E-state index contributed by atoms with van der Waals surface area (Å²) < 4.78 is 12.8. The monoisotopic (exact) mass is 223 g/mol. The minimum atomic E-state index is -0.340. The van der Waals surface area contributed by atoms with Crippen LogP contribution in [0.15, 0.2) is 18.2 Å². The van der Waals surface area contributed by atoms with Gasteiger partial charge in [0.25, 0.3) is 5.91 Å². The highest BCUT2D eigenvalue weighted by Crippen LogP contribution is 2.20. The average molecular weight is 223 g/mol. The van der Waals surface area contributed by atoms with E-state index in [1.807, 2.05) is 0 Å². The van der Waals surface area contributed by atoms with Gasteiger partial charge in [0.05, 0.1) is 6.10 Å². The number of aliphatic hydroxyl groups excluding tert-OH is 1. The van der Waals surface area contributed by atoms with E-state index in [0.717, 1.165) is 0 Å². The molecule has 0 aliphatic heterocycles. The van der Waals surface area contributed by atoms with Crippen molar-refractivity contribution in [3.63, 3.8) is 0 Å². The second-order valence-corrected chi connectivity index (χ2v) is 4.25. The van der Waals surface area contributed by atoms with Crippen molar-refractivity contribution < 1.29 is 14.3 Å². The molecular weight excluding hydrogens is 209 g/mol. The Hall–Kier alpha value is -1.42. The standard InChI is InChI=1S/C12H14FNO2/c1-7-4-8(13)2-3-11(7)12(16)14-9-5-10(15)6-9/h2-4,9-10,15H,5-6H2,1H3,(H,14,16). The van der Waals surface area contributed by atoms with E-state index >= 15 is 0 Å². The molecule has 3 nitrogen and oxygen atoms in total. The lowest BCUT2D eigenvalue weighted by atomic mass is 9.89. The van der Waals surface area contributed by atoms with Crippen molar-refractivity contribution in [2.45, 2.75) is 31.9 Å². The van der Waals surface area contributed by atoms with Gasteiger partial charge in [0.15, 0.2) is 0 Å². The van der Waals surface area contributed by atoms with Crippen LogP contribution < -0.4 is 5.32 Å². The number of benzene rings is 1. The maximum absolute atomic E-state index is 12.8. The first-order chi connectivity index (χ1) is 7.56. The number of aryl methyl sites for hydroxylation is 1. The van der Waals surface area contributed by atoms with E-state index in [1.165, 1.54) is 18.2 Å². The van der Waals surface area contributed by atoms with Crippen LogP contribution in [-0.4, -0.2) is 23.2 Å². The van der Waals surface area contributed by atoms with Crippen LogP contribution in [0.3, 0.4) is 0 Å². The third kappa shape index (κ3) is 2.22. The molecule has 0 radical (unpaired) electrons. The molecule has 86 valence electrons. The molecule has 0 unspecified atom stereocenters. The van der Waals surface area contributed by atoms with E-state index < -0.39 is 0 Å². The van der Waals surface area contributed by atoms with Gasteiger partial charge in [-0.25, -0.2) is 4.39 Å². The molecule has 2 rings (SSSR count). The third-order valence-electron chi connectivity index (χ3n) is 2.88. The number of amides is 1. The van der Waals surface area contributed by atoms with Crippen LogP contribution >= 0.6 is 0 Å². The first-order valence-electron chi connectivity index (χ1n) is 5.31. The Bertz CT molecular complexity index is 413. The molecule has 0 atom stereocenters. The Labute approximate surface area is 93.3 Å². The Morgan fingerprint density at radius 3 is 2.75 bits per heavy atom. The minimum absolute atomic E-state index is 0.0481. The average Bonchev–Trinajstić information content (AvgIpc) is 2.15. The van der Waals surface area contributed by atoms with Crippen LogP contribution in [0.5, 0.6) is 0 Å². The van der Waals surface area contributed by atoms with Crippen LogP contribution in [0, 0.1) is 12.7 Å². The molecule has 4 heteroatoms. The van der Waals surface area contributed by atoms with Gasteiger partial charge in [-0.1, -0.05) is 0 Å². The van der Waals surface area contributed by atoms with Crippen molar-refractivity contribution in [2.75, 3.05) is 0 Å². The smallest absolute Gasteiger partial charge is 0.251 e. The van der Waals surface area contributed by atoms with Gasteiger partial charge >= 0.3 is 0 Å². The number of hydrogen-bond donors (Lipinski definition) is 2. The Morgan fingerprint density at radius 2 is 2.19 bits per heavy atom. The van der Waals surface area contributed by atoms with Crippen molar-refractivity contribution in [3.8, 4) is 0 Å². The summed E-state index contributed by atoms with van der Waals surface area (Å²) in [5.41, 5.74) is 1.11. The van der Waals surface area contributed by atoms with Gasteiger partial charge in [-0.2, -0.15) is 0 Å². The van der Waals surface area contributed by atoms with Crippen LogP contribution in [-0.2, 0) is 0 Å². The van der Waals surface area contributed by atoms with Crippen LogP contribution in [0.4, 0.5) is 4.39 Å².